The molecular formula is C21H22ClN3O6S. The molecule has 9 nitrogen and oxygen atoms in total. The molecule has 1 atom stereocenters. The molecule has 0 radical (unpaired) electrons. The van der Waals surface area contributed by atoms with E-state index in [0.717, 1.165) is 17.0 Å². The summed E-state index contributed by atoms with van der Waals surface area (Å²) in [5.41, 5.74) is 5.76. The fourth-order valence-electron chi connectivity index (χ4n) is 3.21. The monoisotopic (exact) mass is 479 g/mol. The minimum absolute atomic E-state index is 0.160. The summed E-state index contributed by atoms with van der Waals surface area (Å²) in [6.45, 7) is 4.75. The Morgan fingerprint density at radius 3 is 2.38 bits per heavy atom. The summed E-state index contributed by atoms with van der Waals surface area (Å²) in [5, 5.41) is 10.7. The summed E-state index contributed by atoms with van der Waals surface area (Å²) < 4.78 is 31.5. The molecule has 0 amide bonds. The molecule has 0 saturated heterocycles. The van der Waals surface area contributed by atoms with Crippen LogP contribution >= 0.6 is 11.6 Å². The molecule has 2 aromatic heterocycles. The van der Waals surface area contributed by atoms with Gasteiger partial charge in [0.05, 0.1) is 11.2 Å². The minimum Gasteiger partial charge on any atom is -0.464 e. The second-order valence-corrected chi connectivity index (χ2v) is 10.9. The number of carbonyl (C=O) groups excluding carboxylic acids is 1. The van der Waals surface area contributed by atoms with Gasteiger partial charge >= 0.3 is 12.1 Å². The van der Waals surface area contributed by atoms with E-state index in [9.17, 15) is 23.1 Å². The first-order valence-corrected chi connectivity index (χ1v) is 11.6. The summed E-state index contributed by atoms with van der Waals surface area (Å²) in [4.78, 5) is 26.3. The Morgan fingerprint density at radius 1 is 1.16 bits per heavy atom. The highest BCUT2D eigenvalue weighted by molar-refractivity contribution is 7.92. The van der Waals surface area contributed by atoms with Crippen molar-refractivity contribution in [2.75, 3.05) is 6.26 Å². The van der Waals surface area contributed by atoms with Gasteiger partial charge in [0.1, 0.15) is 5.60 Å². The number of halogens is 1. The number of carbonyl (C=O) groups is 2. The standard InChI is InChI=1S/C21H22ClN3O6S/c1-20(2,3)31-18(26)21(23,32(4,29)30)14-7-13(10-24-11-14)16-8-12-5-6-15(22)9-17(12)25(16)19(27)28/h5-11H,23H2,1-4H3,(H,27,28). The quantitative estimate of drug-likeness (QED) is 0.542. The number of benzene rings is 1. The van der Waals surface area contributed by atoms with E-state index in [2.05, 4.69) is 4.98 Å². The van der Waals surface area contributed by atoms with Crippen LogP contribution in [0.25, 0.3) is 22.2 Å². The van der Waals surface area contributed by atoms with Gasteiger partial charge in [-0.1, -0.05) is 17.7 Å². The lowest BCUT2D eigenvalue weighted by Gasteiger charge is -2.30. The van der Waals surface area contributed by atoms with Crippen molar-refractivity contribution in [3.63, 3.8) is 0 Å². The maximum absolute atomic E-state index is 12.9. The van der Waals surface area contributed by atoms with Gasteiger partial charge in [0.25, 0.3) is 0 Å². The van der Waals surface area contributed by atoms with Crippen molar-refractivity contribution >= 4 is 44.4 Å². The third kappa shape index (κ3) is 4.21. The summed E-state index contributed by atoms with van der Waals surface area (Å²) in [7, 11) is -4.22. The topological polar surface area (TPSA) is 142 Å². The summed E-state index contributed by atoms with van der Waals surface area (Å²) >= 11 is 6.02. The van der Waals surface area contributed by atoms with Gasteiger partial charge in [-0.25, -0.2) is 22.6 Å². The zero-order valence-corrected chi connectivity index (χ0v) is 19.4. The molecule has 0 aliphatic rings. The van der Waals surface area contributed by atoms with Crippen molar-refractivity contribution in [3.8, 4) is 11.3 Å². The largest absolute Gasteiger partial charge is 0.464 e. The van der Waals surface area contributed by atoms with Gasteiger partial charge in [0.15, 0.2) is 9.84 Å². The van der Waals surface area contributed by atoms with E-state index >= 15 is 0 Å². The van der Waals surface area contributed by atoms with Crippen LogP contribution in [0.4, 0.5) is 4.79 Å². The van der Waals surface area contributed by atoms with Gasteiger partial charge in [-0.2, -0.15) is 0 Å². The van der Waals surface area contributed by atoms with Crippen LogP contribution in [-0.4, -0.2) is 47.0 Å². The molecule has 0 fully saturated rings. The highest BCUT2D eigenvalue weighted by Crippen LogP contribution is 2.33. The van der Waals surface area contributed by atoms with Crippen molar-refractivity contribution in [1.29, 1.82) is 0 Å². The van der Waals surface area contributed by atoms with Gasteiger partial charge in [0.2, 0.25) is 4.87 Å². The molecule has 0 bridgehead atoms. The van der Waals surface area contributed by atoms with E-state index in [1.807, 2.05) is 0 Å². The number of fused-ring (bicyclic) bond motifs is 1. The van der Waals surface area contributed by atoms with Gasteiger partial charge in [-0.3, -0.25) is 10.7 Å². The van der Waals surface area contributed by atoms with E-state index < -0.39 is 32.4 Å². The molecule has 0 saturated carbocycles. The van der Waals surface area contributed by atoms with Crippen molar-refractivity contribution < 1.29 is 27.9 Å². The molecule has 1 unspecified atom stereocenters. The van der Waals surface area contributed by atoms with Crippen LogP contribution in [0.5, 0.6) is 0 Å². The minimum atomic E-state index is -4.22. The molecule has 1 aromatic carbocycles. The van der Waals surface area contributed by atoms with Gasteiger partial charge in [-0.05, 0) is 45.0 Å². The fraction of sp³-hybridized carbons (Fsp3) is 0.286. The molecule has 11 heteroatoms. The average molecular weight is 480 g/mol. The number of carboxylic acid groups (broad SMARTS) is 1. The van der Waals surface area contributed by atoms with Gasteiger partial charge < -0.3 is 9.84 Å². The van der Waals surface area contributed by atoms with E-state index in [1.54, 1.807) is 39.0 Å². The molecule has 3 N–H and O–H groups in total. The van der Waals surface area contributed by atoms with Gasteiger partial charge in [0, 0.05) is 40.2 Å². The number of hydrogen-bond acceptors (Lipinski definition) is 7. The first-order valence-electron chi connectivity index (χ1n) is 9.37. The van der Waals surface area contributed by atoms with Gasteiger partial charge in [-0.15, -0.1) is 0 Å². The summed E-state index contributed by atoms with van der Waals surface area (Å²) in [5.74, 6) is -1.17. The van der Waals surface area contributed by atoms with Crippen molar-refractivity contribution in [2.45, 2.75) is 31.2 Å². The van der Waals surface area contributed by atoms with Crippen molar-refractivity contribution in [3.05, 3.63) is 53.3 Å². The second kappa shape index (κ2) is 7.88. The highest BCUT2D eigenvalue weighted by atomic mass is 35.5. The normalized spacial score (nSPS) is 14.2. The number of sulfone groups is 1. The summed E-state index contributed by atoms with van der Waals surface area (Å²) in [6, 6.07) is 7.67. The number of aromatic nitrogens is 2. The van der Waals surface area contributed by atoms with Crippen LogP contribution < -0.4 is 5.73 Å². The van der Waals surface area contributed by atoms with Crippen molar-refractivity contribution in [1.82, 2.24) is 9.55 Å². The Balaban J connectivity index is 2.25. The SMILES string of the molecule is CC(C)(C)OC(=O)C(N)(c1cncc(-c2cc3ccc(Cl)cc3n2C(=O)O)c1)S(C)(=O)=O. The van der Waals surface area contributed by atoms with Crippen LogP contribution in [0.3, 0.4) is 0 Å². The lowest BCUT2D eigenvalue weighted by atomic mass is 10.0. The first-order chi connectivity index (χ1) is 14.6. The molecule has 0 aliphatic carbocycles. The molecule has 0 aliphatic heterocycles. The zero-order valence-electron chi connectivity index (χ0n) is 17.8. The van der Waals surface area contributed by atoms with E-state index in [4.69, 9.17) is 22.1 Å². The van der Waals surface area contributed by atoms with Crippen LogP contribution in [0, 0.1) is 0 Å². The molecule has 170 valence electrons. The van der Waals surface area contributed by atoms with Crippen LogP contribution in [0.1, 0.15) is 26.3 Å². The predicted molar refractivity (Wildman–Crippen MR) is 120 cm³/mol. The third-order valence-corrected chi connectivity index (χ3v) is 6.51. The second-order valence-electron chi connectivity index (χ2n) is 8.32. The highest BCUT2D eigenvalue weighted by Gasteiger charge is 2.49. The lowest BCUT2D eigenvalue weighted by molar-refractivity contribution is -0.158. The number of esters is 1. The fourth-order valence-corrected chi connectivity index (χ4v) is 4.26. The van der Waals surface area contributed by atoms with Crippen LogP contribution in [0.15, 0.2) is 42.7 Å². The predicted octanol–water partition coefficient (Wildman–Crippen LogP) is 3.38. The number of nitrogens with zero attached hydrogens (tertiary/aromatic N) is 2. The molecule has 3 rings (SSSR count). The number of nitrogens with two attached hydrogens (primary N) is 1. The van der Waals surface area contributed by atoms with Crippen LogP contribution in [0.2, 0.25) is 5.02 Å². The number of ether oxygens (including phenoxy) is 1. The Morgan fingerprint density at radius 2 is 1.81 bits per heavy atom. The maximum Gasteiger partial charge on any atom is 0.416 e. The van der Waals surface area contributed by atoms with Crippen molar-refractivity contribution in [2.24, 2.45) is 5.73 Å². The first kappa shape index (κ1) is 23.7. The molecule has 0 spiro atoms. The maximum atomic E-state index is 12.9. The van der Waals surface area contributed by atoms with E-state index in [1.165, 1.54) is 18.3 Å². The number of hydrogen-bond donors (Lipinski definition) is 2. The molecule has 3 aromatic rings. The lowest BCUT2D eigenvalue weighted by Crippen LogP contribution is -2.53. The Hall–Kier alpha value is -2.95. The Bertz CT molecular complexity index is 1340. The zero-order chi connectivity index (χ0) is 24.1. The van der Waals surface area contributed by atoms with E-state index in [0.29, 0.717) is 15.9 Å². The third-order valence-electron chi connectivity index (χ3n) is 4.71. The Labute approximate surface area is 189 Å². The number of rotatable bonds is 4. The molecular weight excluding hydrogens is 458 g/mol. The number of pyridine rings is 1. The summed E-state index contributed by atoms with van der Waals surface area (Å²) in [6.07, 6.45) is 2.02. The molecule has 32 heavy (non-hydrogen) atoms. The average Bonchev–Trinajstić information content (AvgIpc) is 3.04. The van der Waals surface area contributed by atoms with Crippen LogP contribution in [-0.2, 0) is 24.2 Å². The smallest absolute Gasteiger partial charge is 0.416 e. The molecule has 2 heterocycles. The van der Waals surface area contributed by atoms with E-state index in [-0.39, 0.29) is 16.8 Å². The Kier molecular flexibility index (Phi) is 5.83.